The van der Waals surface area contributed by atoms with E-state index in [0.29, 0.717) is 30.3 Å². The Morgan fingerprint density at radius 1 is 1.10 bits per heavy atom. The van der Waals surface area contributed by atoms with Gasteiger partial charge in [0.2, 0.25) is 11.8 Å². The molecule has 2 aromatic rings. The zero-order valence-corrected chi connectivity index (χ0v) is 18.9. The summed E-state index contributed by atoms with van der Waals surface area (Å²) >= 11 is 7.48. The summed E-state index contributed by atoms with van der Waals surface area (Å²) in [5.74, 6) is 0.925. The number of carbonyl (C=O) groups is 2. The second-order valence-electron chi connectivity index (χ2n) is 6.89. The predicted octanol–water partition coefficient (Wildman–Crippen LogP) is 4.83. The molecule has 0 saturated heterocycles. The lowest BCUT2D eigenvalue weighted by Gasteiger charge is -2.31. The second kappa shape index (κ2) is 11.9. The van der Waals surface area contributed by atoms with E-state index in [1.165, 1.54) is 0 Å². The van der Waals surface area contributed by atoms with Crippen molar-refractivity contribution < 1.29 is 9.59 Å². The number of benzene rings is 2. The van der Waals surface area contributed by atoms with Gasteiger partial charge in [-0.3, -0.25) is 9.59 Å². The Kier molecular flexibility index (Phi) is 9.55. The molecular formula is C23H29ClN2O2S. The molecule has 0 saturated carbocycles. The molecule has 0 aliphatic carbocycles. The smallest absolute Gasteiger partial charge is 0.242 e. The zero-order valence-electron chi connectivity index (χ0n) is 17.3. The van der Waals surface area contributed by atoms with Gasteiger partial charge in [-0.15, -0.1) is 11.8 Å². The SMILES string of the molecule is CCNC(=O)C(CC)N(Cc1ccccc1C)C(=O)CSCc1ccc(Cl)cc1. The van der Waals surface area contributed by atoms with Crippen LogP contribution < -0.4 is 5.32 Å². The molecule has 0 spiro atoms. The van der Waals surface area contributed by atoms with Gasteiger partial charge in [-0.1, -0.05) is 54.9 Å². The highest BCUT2D eigenvalue weighted by Crippen LogP contribution is 2.19. The van der Waals surface area contributed by atoms with E-state index in [1.807, 2.05) is 69.3 Å². The van der Waals surface area contributed by atoms with E-state index in [-0.39, 0.29) is 11.8 Å². The highest BCUT2D eigenvalue weighted by molar-refractivity contribution is 7.99. The molecule has 1 atom stereocenters. The van der Waals surface area contributed by atoms with Crippen molar-refractivity contribution in [2.24, 2.45) is 0 Å². The van der Waals surface area contributed by atoms with Crippen LogP contribution in [0.5, 0.6) is 0 Å². The predicted molar refractivity (Wildman–Crippen MR) is 122 cm³/mol. The van der Waals surface area contributed by atoms with Crippen molar-refractivity contribution in [3.05, 3.63) is 70.2 Å². The van der Waals surface area contributed by atoms with Crippen LogP contribution >= 0.6 is 23.4 Å². The van der Waals surface area contributed by atoms with E-state index in [9.17, 15) is 9.59 Å². The number of likely N-dealkylation sites (N-methyl/N-ethyl adjacent to an activating group) is 1. The van der Waals surface area contributed by atoms with Gasteiger partial charge in [0.25, 0.3) is 0 Å². The van der Waals surface area contributed by atoms with E-state index < -0.39 is 6.04 Å². The Morgan fingerprint density at radius 2 is 1.79 bits per heavy atom. The average molecular weight is 433 g/mol. The monoisotopic (exact) mass is 432 g/mol. The summed E-state index contributed by atoms with van der Waals surface area (Å²) in [7, 11) is 0. The van der Waals surface area contributed by atoms with Crippen LogP contribution in [0.4, 0.5) is 0 Å². The van der Waals surface area contributed by atoms with Gasteiger partial charge in [-0.2, -0.15) is 0 Å². The summed E-state index contributed by atoms with van der Waals surface area (Å²) < 4.78 is 0. The van der Waals surface area contributed by atoms with Gasteiger partial charge >= 0.3 is 0 Å². The van der Waals surface area contributed by atoms with Gasteiger partial charge < -0.3 is 10.2 Å². The van der Waals surface area contributed by atoms with Crippen LogP contribution in [0.1, 0.15) is 37.0 Å². The molecule has 2 amide bonds. The maximum absolute atomic E-state index is 13.1. The van der Waals surface area contributed by atoms with Gasteiger partial charge in [0.15, 0.2) is 0 Å². The van der Waals surface area contributed by atoms with Crippen molar-refractivity contribution in [3.8, 4) is 0 Å². The summed E-state index contributed by atoms with van der Waals surface area (Å²) in [6, 6.07) is 15.2. The van der Waals surface area contributed by atoms with Gasteiger partial charge in [0.05, 0.1) is 5.75 Å². The molecule has 6 heteroatoms. The third-order valence-electron chi connectivity index (χ3n) is 4.75. The first-order chi connectivity index (χ1) is 14.0. The number of thioether (sulfide) groups is 1. The van der Waals surface area contributed by atoms with E-state index >= 15 is 0 Å². The highest BCUT2D eigenvalue weighted by Gasteiger charge is 2.28. The molecule has 4 nitrogen and oxygen atoms in total. The second-order valence-corrected chi connectivity index (χ2v) is 8.31. The third kappa shape index (κ3) is 7.09. The maximum atomic E-state index is 13.1. The summed E-state index contributed by atoms with van der Waals surface area (Å²) in [6.45, 7) is 6.84. The Hall–Kier alpha value is -1.98. The van der Waals surface area contributed by atoms with Gasteiger partial charge in [0, 0.05) is 23.9 Å². The Morgan fingerprint density at radius 3 is 2.41 bits per heavy atom. The molecule has 0 radical (unpaired) electrons. The number of amides is 2. The Balaban J connectivity index is 2.11. The van der Waals surface area contributed by atoms with Crippen molar-refractivity contribution in [1.29, 1.82) is 0 Å². The standard InChI is InChI=1S/C23H29ClN2O2S/c1-4-21(23(28)25-5-2)26(14-19-9-7-6-8-17(19)3)22(27)16-29-15-18-10-12-20(24)13-11-18/h6-13,21H,4-5,14-16H2,1-3H3,(H,25,28). The van der Waals surface area contributed by atoms with Crippen LogP contribution in [-0.2, 0) is 21.9 Å². The summed E-state index contributed by atoms with van der Waals surface area (Å²) in [6.07, 6.45) is 0.575. The first-order valence-electron chi connectivity index (χ1n) is 9.90. The van der Waals surface area contributed by atoms with Gasteiger partial charge in [-0.05, 0) is 49.1 Å². The van der Waals surface area contributed by atoms with Gasteiger partial charge in [-0.25, -0.2) is 0 Å². The number of aryl methyl sites for hydroxylation is 1. The molecule has 1 unspecified atom stereocenters. The summed E-state index contributed by atoms with van der Waals surface area (Å²) in [5.41, 5.74) is 3.30. The fraction of sp³-hybridized carbons (Fsp3) is 0.391. The molecule has 2 aromatic carbocycles. The van der Waals surface area contributed by atoms with Crippen LogP contribution in [0.25, 0.3) is 0 Å². The molecular weight excluding hydrogens is 404 g/mol. The lowest BCUT2D eigenvalue weighted by atomic mass is 10.1. The number of nitrogens with one attached hydrogen (secondary N) is 1. The van der Waals surface area contributed by atoms with Crippen LogP contribution in [0.3, 0.4) is 0 Å². The Labute approximate surface area is 183 Å². The molecule has 156 valence electrons. The van der Waals surface area contributed by atoms with Crippen LogP contribution in [-0.4, -0.2) is 35.1 Å². The molecule has 0 aromatic heterocycles. The van der Waals surface area contributed by atoms with Crippen LogP contribution in [0.2, 0.25) is 5.02 Å². The minimum atomic E-state index is -0.474. The molecule has 0 fully saturated rings. The van der Waals surface area contributed by atoms with Crippen molar-refractivity contribution >= 4 is 35.2 Å². The quantitative estimate of drug-likeness (QED) is 0.585. The maximum Gasteiger partial charge on any atom is 0.242 e. The Bertz CT molecular complexity index is 811. The van der Waals surface area contributed by atoms with Crippen molar-refractivity contribution in [3.63, 3.8) is 0 Å². The van der Waals surface area contributed by atoms with E-state index in [1.54, 1.807) is 16.7 Å². The summed E-state index contributed by atoms with van der Waals surface area (Å²) in [5, 5.41) is 3.57. The number of hydrogen-bond donors (Lipinski definition) is 1. The molecule has 0 aliphatic rings. The fourth-order valence-corrected chi connectivity index (χ4v) is 4.10. The third-order valence-corrected chi connectivity index (χ3v) is 5.99. The number of hydrogen-bond acceptors (Lipinski definition) is 3. The molecule has 2 rings (SSSR count). The largest absolute Gasteiger partial charge is 0.355 e. The first kappa shape index (κ1) is 23.3. The number of halogens is 1. The number of nitrogens with zero attached hydrogens (tertiary/aromatic N) is 1. The zero-order chi connectivity index (χ0) is 21.2. The van der Waals surface area contributed by atoms with Crippen molar-refractivity contribution in [1.82, 2.24) is 10.2 Å². The molecule has 0 bridgehead atoms. The lowest BCUT2D eigenvalue weighted by Crippen LogP contribution is -2.49. The van der Waals surface area contributed by atoms with Crippen molar-refractivity contribution in [2.45, 2.75) is 45.5 Å². The number of rotatable bonds is 10. The highest BCUT2D eigenvalue weighted by atomic mass is 35.5. The minimum absolute atomic E-state index is 0.0229. The van der Waals surface area contributed by atoms with Crippen LogP contribution in [0, 0.1) is 6.92 Å². The molecule has 0 heterocycles. The molecule has 0 aliphatic heterocycles. The fourth-order valence-electron chi connectivity index (χ4n) is 3.10. The molecule has 1 N–H and O–H groups in total. The normalized spacial score (nSPS) is 11.7. The van der Waals surface area contributed by atoms with E-state index in [4.69, 9.17) is 11.6 Å². The van der Waals surface area contributed by atoms with Gasteiger partial charge in [0.1, 0.15) is 6.04 Å². The van der Waals surface area contributed by atoms with Crippen molar-refractivity contribution in [2.75, 3.05) is 12.3 Å². The molecule has 29 heavy (non-hydrogen) atoms. The minimum Gasteiger partial charge on any atom is -0.355 e. The number of carbonyl (C=O) groups excluding carboxylic acids is 2. The average Bonchev–Trinajstić information content (AvgIpc) is 2.71. The van der Waals surface area contributed by atoms with Crippen LogP contribution in [0.15, 0.2) is 48.5 Å². The topological polar surface area (TPSA) is 49.4 Å². The first-order valence-corrected chi connectivity index (χ1v) is 11.4. The summed E-state index contributed by atoms with van der Waals surface area (Å²) in [4.78, 5) is 27.4. The van der Waals surface area contributed by atoms with E-state index in [2.05, 4.69) is 5.32 Å². The van der Waals surface area contributed by atoms with E-state index in [0.717, 1.165) is 22.4 Å². The lowest BCUT2D eigenvalue weighted by molar-refractivity contribution is -0.139.